The summed E-state index contributed by atoms with van der Waals surface area (Å²) in [6.45, 7) is 2.92. The largest absolute Gasteiger partial charge is 0.491 e. The van der Waals surface area contributed by atoms with E-state index < -0.39 is 12.1 Å². The van der Waals surface area contributed by atoms with Gasteiger partial charge in [0, 0.05) is 13.0 Å². The molecule has 0 bridgehead atoms. The number of ether oxygens (including phenoxy) is 3. The standard InChI is InChI=1S/C42H40O5/c1-2-45-40(42(43)44)28-31-17-22-36(23-18-31)46-26-27-47-41-38-25-20-34(32-12-7-4-8-13-32)29-35(38)21-24-37-33(14-9-15-39(37)41)19-16-30-10-5-3-6-11-30/h3-15,17-18,20-25,29,40-41H,2,16,19,26-28H2,1H3,(H,43,44). The van der Waals surface area contributed by atoms with E-state index in [1.165, 1.54) is 27.8 Å². The predicted octanol–water partition coefficient (Wildman–Crippen LogP) is 8.84. The summed E-state index contributed by atoms with van der Waals surface area (Å²) in [6, 6.07) is 41.8. The molecule has 0 fully saturated rings. The van der Waals surface area contributed by atoms with Crippen molar-refractivity contribution in [3.05, 3.63) is 160 Å². The quantitative estimate of drug-likeness (QED) is 0.125. The highest BCUT2D eigenvalue weighted by atomic mass is 16.5. The lowest BCUT2D eigenvalue weighted by Crippen LogP contribution is -2.26. The van der Waals surface area contributed by atoms with E-state index in [0.29, 0.717) is 32.0 Å². The van der Waals surface area contributed by atoms with E-state index >= 15 is 0 Å². The Morgan fingerprint density at radius 3 is 2.23 bits per heavy atom. The van der Waals surface area contributed by atoms with Crippen LogP contribution in [0.5, 0.6) is 5.75 Å². The molecule has 5 nitrogen and oxygen atoms in total. The molecule has 0 aliphatic heterocycles. The van der Waals surface area contributed by atoms with Gasteiger partial charge in [-0.1, -0.05) is 115 Å². The zero-order chi connectivity index (χ0) is 32.4. The lowest BCUT2D eigenvalue weighted by molar-refractivity contribution is -0.149. The van der Waals surface area contributed by atoms with E-state index in [1.54, 1.807) is 6.92 Å². The van der Waals surface area contributed by atoms with Crippen LogP contribution in [0.3, 0.4) is 0 Å². The van der Waals surface area contributed by atoms with Gasteiger partial charge in [0.15, 0.2) is 6.10 Å². The first kappa shape index (κ1) is 32.0. The normalized spacial score (nSPS) is 14.1. The maximum Gasteiger partial charge on any atom is 0.333 e. The zero-order valence-electron chi connectivity index (χ0n) is 26.7. The monoisotopic (exact) mass is 624 g/mol. The molecule has 0 amide bonds. The Morgan fingerprint density at radius 1 is 0.723 bits per heavy atom. The number of carbonyl (C=O) groups is 1. The van der Waals surface area contributed by atoms with Gasteiger partial charge in [0.1, 0.15) is 18.5 Å². The van der Waals surface area contributed by atoms with Gasteiger partial charge in [0.05, 0.1) is 6.61 Å². The first-order valence-corrected chi connectivity index (χ1v) is 16.3. The Hall–Kier alpha value is -4.97. The molecule has 238 valence electrons. The molecule has 0 spiro atoms. The van der Waals surface area contributed by atoms with E-state index in [2.05, 4.69) is 103 Å². The molecule has 2 atom stereocenters. The minimum absolute atomic E-state index is 0.256. The fourth-order valence-electron chi connectivity index (χ4n) is 6.17. The fraction of sp³-hybridized carbons (Fsp3) is 0.214. The molecule has 5 aromatic rings. The number of aliphatic carboxylic acids is 1. The van der Waals surface area contributed by atoms with Crippen LogP contribution < -0.4 is 4.74 Å². The molecule has 0 saturated heterocycles. The van der Waals surface area contributed by atoms with Gasteiger partial charge in [-0.15, -0.1) is 0 Å². The first-order chi connectivity index (χ1) is 23.1. The first-order valence-electron chi connectivity index (χ1n) is 16.3. The zero-order valence-corrected chi connectivity index (χ0v) is 26.7. The second-order valence-electron chi connectivity index (χ2n) is 11.7. The van der Waals surface area contributed by atoms with E-state index in [4.69, 9.17) is 14.2 Å². The molecule has 6 rings (SSSR count). The molecule has 1 aliphatic carbocycles. The molecule has 1 aliphatic rings. The highest BCUT2D eigenvalue weighted by molar-refractivity contribution is 5.80. The maximum absolute atomic E-state index is 11.5. The minimum atomic E-state index is -0.958. The Kier molecular flexibility index (Phi) is 10.6. The van der Waals surface area contributed by atoms with Crippen LogP contribution in [0, 0.1) is 0 Å². The summed E-state index contributed by atoms with van der Waals surface area (Å²) in [6.07, 6.45) is 5.58. The van der Waals surface area contributed by atoms with Gasteiger partial charge < -0.3 is 19.3 Å². The van der Waals surface area contributed by atoms with Crippen LogP contribution >= 0.6 is 0 Å². The van der Waals surface area contributed by atoms with E-state index in [1.807, 2.05) is 30.3 Å². The molecule has 0 saturated carbocycles. The Labute approximate surface area is 277 Å². The van der Waals surface area contributed by atoms with Crippen molar-refractivity contribution in [2.45, 2.75) is 38.4 Å². The summed E-state index contributed by atoms with van der Waals surface area (Å²) in [7, 11) is 0. The van der Waals surface area contributed by atoms with E-state index in [-0.39, 0.29) is 6.10 Å². The van der Waals surface area contributed by atoms with Crippen molar-refractivity contribution in [2.75, 3.05) is 19.8 Å². The molecular formula is C42H40O5. The lowest BCUT2D eigenvalue weighted by Gasteiger charge is -2.23. The highest BCUT2D eigenvalue weighted by Crippen LogP contribution is 2.38. The molecule has 1 N–H and O–H groups in total. The summed E-state index contributed by atoms with van der Waals surface area (Å²) in [5, 5.41) is 9.40. The van der Waals surface area contributed by atoms with Crippen LogP contribution in [0.2, 0.25) is 0 Å². The smallest absolute Gasteiger partial charge is 0.333 e. The number of rotatable bonds is 14. The molecule has 0 radical (unpaired) electrons. The average molecular weight is 625 g/mol. The highest BCUT2D eigenvalue weighted by Gasteiger charge is 2.24. The van der Waals surface area contributed by atoms with E-state index in [0.717, 1.165) is 35.1 Å². The number of hydrogen-bond donors (Lipinski definition) is 1. The summed E-state index contributed by atoms with van der Waals surface area (Å²) in [4.78, 5) is 11.5. The van der Waals surface area contributed by atoms with Crippen molar-refractivity contribution in [3.63, 3.8) is 0 Å². The van der Waals surface area contributed by atoms with Crippen molar-refractivity contribution >= 4 is 18.1 Å². The summed E-state index contributed by atoms with van der Waals surface area (Å²) in [5.41, 5.74) is 10.5. The van der Waals surface area contributed by atoms with Crippen LogP contribution in [-0.2, 0) is 33.5 Å². The minimum Gasteiger partial charge on any atom is -0.491 e. The second kappa shape index (κ2) is 15.5. The molecule has 0 aromatic heterocycles. The van der Waals surface area contributed by atoms with Gasteiger partial charge in [-0.25, -0.2) is 4.79 Å². The van der Waals surface area contributed by atoms with Crippen molar-refractivity contribution in [2.24, 2.45) is 0 Å². The van der Waals surface area contributed by atoms with Crippen LogP contribution in [0.1, 0.15) is 52.0 Å². The van der Waals surface area contributed by atoms with Gasteiger partial charge in [-0.2, -0.15) is 0 Å². The number of hydrogen-bond acceptors (Lipinski definition) is 4. The van der Waals surface area contributed by atoms with Crippen LogP contribution in [-0.4, -0.2) is 37.0 Å². The SMILES string of the molecule is CCOC(Cc1ccc(OCCOC2c3ccc(-c4ccccc4)cc3C=Cc3c(CCc4ccccc4)cccc32)cc1)C(=O)O. The van der Waals surface area contributed by atoms with E-state index in [9.17, 15) is 9.90 Å². The third-order valence-corrected chi connectivity index (χ3v) is 8.57. The van der Waals surface area contributed by atoms with Crippen LogP contribution in [0.4, 0.5) is 0 Å². The number of benzene rings is 5. The number of carboxylic acid groups (broad SMARTS) is 1. The lowest BCUT2D eigenvalue weighted by atomic mass is 9.91. The summed E-state index contributed by atoms with van der Waals surface area (Å²) < 4.78 is 18.1. The Morgan fingerprint density at radius 2 is 1.49 bits per heavy atom. The second-order valence-corrected chi connectivity index (χ2v) is 11.7. The summed E-state index contributed by atoms with van der Waals surface area (Å²) >= 11 is 0. The fourth-order valence-corrected chi connectivity index (χ4v) is 6.17. The van der Waals surface area contributed by atoms with Crippen molar-refractivity contribution in [3.8, 4) is 16.9 Å². The van der Waals surface area contributed by atoms with Gasteiger partial charge in [-0.3, -0.25) is 0 Å². The van der Waals surface area contributed by atoms with Gasteiger partial charge in [0.2, 0.25) is 0 Å². The van der Waals surface area contributed by atoms with Gasteiger partial charge in [0.25, 0.3) is 0 Å². The third-order valence-electron chi connectivity index (χ3n) is 8.57. The van der Waals surface area contributed by atoms with Gasteiger partial charge in [-0.05, 0) is 88.0 Å². The predicted molar refractivity (Wildman–Crippen MR) is 188 cm³/mol. The average Bonchev–Trinajstić information content (AvgIpc) is 3.27. The Balaban J connectivity index is 1.20. The van der Waals surface area contributed by atoms with Crippen LogP contribution in [0.15, 0.2) is 121 Å². The van der Waals surface area contributed by atoms with Crippen molar-refractivity contribution in [1.29, 1.82) is 0 Å². The molecular weight excluding hydrogens is 584 g/mol. The number of fused-ring (bicyclic) bond motifs is 2. The Bertz CT molecular complexity index is 1800. The molecule has 5 aromatic carbocycles. The number of aryl methyl sites for hydroxylation is 2. The van der Waals surface area contributed by atoms with Crippen molar-refractivity contribution < 1.29 is 24.1 Å². The number of carboxylic acids is 1. The molecule has 0 heterocycles. The maximum atomic E-state index is 11.5. The van der Waals surface area contributed by atoms with Crippen molar-refractivity contribution in [1.82, 2.24) is 0 Å². The summed E-state index contributed by atoms with van der Waals surface area (Å²) in [5.74, 6) is -0.250. The molecule has 5 heteroatoms. The van der Waals surface area contributed by atoms with Gasteiger partial charge >= 0.3 is 5.97 Å². The third kappa shape index (κ3) is 8.07. The van der Waals surface area contributed by atoms with Crippen LogP contribution in [0.25, 0.3) is 23.3 Å². The molecule has 47 heavy (non-hydrogen) atoms. The molecule has 2 unspecified atom stereocenters. The topological polar surface area (TPSA) is 65.0 Å².